The van der Waals surface area contributed by atoms with Crippen molar-refractivity contribution < 1.29 is 38.8 Å². The molecule has 0 radical (unpaired) electrons. The molecule has 0 unspecified atom stereocenters. The second-order valence-electron chi connectivity index (χ2n) is 10.3. The number of carboxylic acid groups (broad SMARTS) is 1. The van der Waals surface area contributed by atoms with Crippen LogP contribution < -0.4 is 20.1 Å². The average molecular weight is 613 g/mol. The Kier molecular flexibility index (Phi) is 12.4. The molecular weight excluding hydrogens is 576 g/mol. The van der Waals surface area contributed by atoms with E-state index in [2.05, 4.69) is 10.6 Å². The standard InChI is InChI=1S/C35H36N2O8/c38-29(21-36-35(42)45-24-27-14-8-3-9-15-27)20-33(39)37-30(34(40)41)18-28-16-17-31(43-22-25-10-4-1-5-11-25)32(19-28)44-23-26-12-6-2-7-13-26/h1-17,19,29-30,38H,18,20-24H2,(H,36,42)(H,37,39)(H,40,41)/t29-,30+/m1/s1. The first-order valence-electron chi connectivity index (χ1n) is 14.5. The van der Waals surface area contributed by atoms with Crippen molar-refractivity contribution in [2.45, 2.75) is 44.8 Å². The van der Waals surface area contributed by atoms with Crippen LogP contribution in [0, 0.1) is 0 Å². The SMILES string of the molecule is O=C(C[C@@H](O)CNC(=O)OCc1ccccc1)N[C@@H](Cc1ccc(OCc2ccccc2)c(OCc2ccccc2)c1)C(=O)O. The monoisotopic (exact) mass is 612 g/mol. The third-order valence-electron chi connectivity index (χ3n) is 6.67. The van der Waals surface area contributed by atoms with Gasteiger partial charge in [0.1, 0.15) is 25.9 Å². The molecule has 0 heterocycles. The van der Waals surface area contributed by atoms with Gasteiger partial charge in [0.15, 0.2) is 11.5 Å². The average Bonchev–Trinajstić information content (AvgIpc) is 3.06. The van der Waals surface area contributed by atoms with Gasteiger partial charge in [-0.25, -0.2) is 9.59 Å². The first kappa shape index (κ1) is 32.6. The molecule has 0 saturated heterocycles. The summed E-state index contributed by atoms with van der Waals surface area (Å²) in [6.45, 7) is 0.405. The van der Waals surface area contributed by atoms with Crippen molar-refractivity contribution in [2.24, 2.45) is 0 Å². The lowest BCUT2D eigenvalue weighted by molar-refractivity contribution is -0.142. The molecule has 4 rings (SSSR count). The number of aliphatic hydroxyl groups excluding tert-OH is 1. The molecule has 2 amide bonds. The summed E-state index contributed by atoms with van der Waals surface area (Å²) in [5.74, 6) is -0.995. The van der Waals surface area contributed by atoms with E-state index in [-0.39, 0.29) is 26.2 Å². The van der Waals surface area contributed by atoms with Crippen molar-refractivity contribution in [3.8, 4) is 11.5 Å². The summed E-state index contributed by atoms with van der Waals surface area (Å²) in [5, 5.41) is 24.9. The number of hydrogen-bond acceptors (Lipinski definition) is 7. The Morgan fingerprint density at radius 2 is 1.20 bits per heavy atom. The van der Waals surface area contributed by atoms with Crippen LogP contribution in [0.1, 0.15) is 28.7 Å². The molecule has 0 saturated carbocycles. The Balaban J connectivity index is 1.32. The van der Waals surface area contributed by atoms with E-state index in [9.17, 15) is 24.6 Å². The number of carbonyl (C=O) groups excluding carboxylic acids is 2. The fourth-order valence-corrected chi connectivity index (χ4v) is 4.33. The lowest BCUT2D eigenvalue weighted by Crippen LogP contribution is -2.44. The lowest BCUT2D eigenvalue weighted by atomic mass is 10.0. The highest BCUT2D eigenvalue weighted by Crippen LogP contribution is 2.30. The van der Waals surface area contributed by atoms with Gasteiger partial charge < -0.3 is 35.1 Å². The van der Waals surface area contributed by atoms with Crippen molar-refractivity contribution in [3.05, 3.63) is 131 Å². The molecule has 0 spiro atoms. The van der Waals surface area contributed by atoms with Gasteiger partial charge in [-0.1, -0.05) is 97.1 Å². The van der Waals surface area contributed by atoms with Gasteiger partial charge in [0.25, 0.3) is 0 Å². The van der Waals surface area contributed by atoms with Gasteiger partial charge in [0, 0.05) is 13.0 Å². The number of aliphatic hydroxyl groups is 1. The Hall–Kier alpha value is -5.35. The van der Waals surface area contributed by atoms with Gasteiger partial charge in [-0.15, -0.1) is 0 Å². The number of ether oxygens (including phenoxy) is 3. The van der Waals surface area contributed by atoms with Gasteiger partial charge in [0.05, 0.1) is 12.5 Å². The second kappa shape index (κ2) is 17.1. The number of hydrogen-bond donors (Lipinski definition) is 4. The van der Waals surface area contributed by atoms with Crippen LogP contribution in [0.4, 0.5) is 4.79 Å². The number of amides is 2. The van der Waals surface area contributed by atoms with E-state index in [4.69, 9.17) is 14.2 Å². The highest BCUT2D eigenvalue weighted by atomic mass is 16.5. The number of aliphatic carboxylic acids is 1. The maximum Gasteiger partial charge on any atom is 0.407 e. The summed E-state index contributed by atoms with van der Waals surface area (Å²) in [6.07, 6.45) is -2.45. The van der Waals surface area contributed by atoms with E-state index in [0.29, 0.717) is 23.7 Å². The summed E-state index contributed by atoms with van der Waals surface area (Å²) in [7, 11) is 0. The summed E-state index contributed by atoms with van der Waals surface area (Å²) < 4.78 is 17.2. The van der Waals surface area contributed by atoms with E-state index < -0.39 is 36.5 Å². The Morgan fingerprint density at radius 3 is 1.76 bits per heavy atom. The molecule has 10 nitrogen and oxygen atoms in total. The van der Waals surface area contributed by atoms with Crippen LogP contribution in [0.3, 0.4) is 0 Å². The van der Waals surface area contributed by atoms with Gasteiger partial charge in [-0.05, 0) is 34.4 Å². The zero-order valence-electron chi connectivity index (χ0n) is 24.6. The second-order valence-corrected chi connectivity index (χ2v) is 10.3. The van der Waals surface area contributed by atoms with Crippen molar-refractivity contribution in [1.82, 2.24) is 10.6 Å². The Morgan fingerprint density at radius 1 is 0.667 bits per heavy atom. The van der Waals surface area contributed by atoms with Crippen LogP contribution in [0.5, 0.6) is 11.5 Å². The molecule has 0 aliphatic rings. The fourth-order valence-electron chi connectivity index (χ4n) is 4.33. The summed E-state index contributed by atoms with van der Waals surface area (Å²) >= 11 is 0. The molecule has 4 N–H and O–H groups in total. The molecule has 4 aromatic carbocycles. The third-order valence-corrected chi connectivity index (χ3v) is 6.67. The van der Waals surface area contributed by atoms with E-state index in [0.717, 1.165) is 16.7 Å². The van der Waals surface area contributed by atoms with Crippen LogP contribution in [0.2, 0.25) is 0 Å². The van der Waals surface area contributed by atoms with Gasteiger partial charge in [-0.2, -0.15) is 0 Å². The van der Waals surface area contributed by atoms with Crippen LogP contribution in [-0.2, 0) is 40.6 Å². The predicted octanol–water partition coefficient (Wildman–Crippen LogP) is 4.63. The largest absolute Gasteiger partial charge is 0.485 e. The van der Waals surface area contributed by atoms with Gasteiger partial charge in [-0.3, -0.25) is 4.79 Å². The minimum Gasteiger partial charge on any atom is -0.485 e. The summed E-state index contributed by atoms with van der Waals surface area (Å²) in [6, 6.07) is 32.2. The molecule has 0 bridgehead atoms. The molecule has 0 aliphatic heterocycles. The number of alkyl carbamates (subject to hydrolysis) is 1. The third kappa shape index (κ3) is 11.3. The first-order chi connectivity index (χ1) is 21.9. The Labute approximate surface area is 261 Å². The van der Waals surface area contributed by atoms with E-state index >= 15 is 0 Å². The van der Waals surface area contributed by atoms with Crippen molar-refractivity contribution in [1.29, 1.82) is 0 Å². The van der Waals surface area contributed by atoms with Crippen LogP contribution >= 0.6 is 0 Å². The quantitative estimate of drug-likeness (QED) is 0.143. The molecule has 0 aliphatic carbocycles. The number of rotatable bonds is 16. The zero-order valence-corrected chi connectivity index (χ0v) is 24.6. The topological polar surface area (TPSA) is 143 Å². The minimum atomic E-state index is -1.27. The van der Waals surface area contributed by atoms with Crippen molar-refractivity contribution >= 4 is 18.0 Å². The van der Waals surface area contributed by atoms with Crippen LogP contribution in [0.15, 0.2) is 109 Å². The molecular formula is C35H36N2O8. The van der Waals surface area contributed by atoms with E-state index in [1.165, 1.54) is 0 Å². The Bertz CT molecular complexity index is 1520. The molecule has 10 heteroatoms. The molecule has 2 atom stereocenters. The number of carbonyl (C=O) groups is 3. The van der Waals surface area contributed by atoms with Crippen molar-refractivity contribution in [2.75, 3.05) is 6.54 Å². The summed E-state index contributed by atoms with van der Waals surface area (Å²) in [5.41, 5.74) is 3.33. The number of nitrogens with one attached hydrogen (secondary N) is 2. The maximum absolute atomic E-state index is 12.6. The zero-order chi connectivity index (χ0) is 31.9. The van der Waals surface area contributed by atoms with Gasteiger partial charge >= 0.3 is 12.1 Å². The fraction of sp³-hybridized carbons (Fsp3) is 0.229. The molecule has 234 valence electrons. The lowest BCUT2D eigenvalue weighted by Gasteiger charge is -2.18. The molecule has 0 fully saturated rings. The first-order valence-corrected chi connectivity index (χ1v) is 14.5. The smallest absolute Gasteiger partial charge is 0.407 e. The van der Waals surface area contributed by atoms with Crippen LogP contribution in [-0.4, -0.2) is 46.9 Å². The molecule has 4 aromatic rings. The number of benzene rings is 4. The van der Waals surface area contributed by atoms with Crippen molar-refractivity contribution in [3.63, 3.8) is 0 Å². The maximum atomic E-state index is 12.6. The normalized spacial score (nSPS) is 11.9. The number of carboxylic acids is 1. The molecule has 0 aromatic heterocycles. The minimum absolute atomic E-state index is 0.0398. The summed E-state index contributed by atoms with van der Waals surface area (Å²) in [4.78, 5) is 36.6. The van der Waals surface area contributed by atoms with Gasteiger partial charge in [0.2, 0.25) is 5.91 Å². The highest BCUT2D eigenvalue weighted by molar-refractivity contribution is 5.84. The van der Waals surface area contributed by atoms with E-state index in [1.807, 2.05) is 78.9 Å². The highest BCUT2D eigenvalue weighted by Gasteiger charge is 2.23. The molecule has 45 heavy (non-hydrogen) atoms. The predicted molar refractivity (Wildman–Crippen MR) is 167 cm³/mol. The van der Waals surface area contributed by atoms with E-state index in [1.54, 1.807) is 30.3 Å². The van der Waals surface area contributed by atoms with Crippen LogP contribution in [0.25, 0.3) is 0 Å².